The van der Waals surface area contributed by atoms with Crippen molar-refractivity contribution in [3.05, 3.63) is 34.4 Å². The standard InChI is InChI=1S/C15H17ClF3N5O/c1-23-10(5-7-21-23)14(25)20-6-2-8-24-12(9-3-4-9)11(16)13(22-24)15(17,18)19/h5,7,9H,2-4,6,8H2,1H3,(H,20,25). The Balaban J connectivity index is 1.61. The van der Waals surface area contributed by atoms with E-state index in [1.165, 1.54) is 15.6 Å². The summed E-state index contributed by atoms with van der Waals surface area (Å²) in [5.74, 6) is -0.239. The van der Waals surface area contributed by atoms with E-state index in [9.17, 15) is 18.0 Å². The number of aromatic nitrogens is 4. The topological polar surface area (TPSA) is 64.7 Å². The molecule has 0 saturated heterocycles. The van der Waals surface area contributed by atoms with Crippen molar-refractivity contribution in [2.45, 2.75) is 37.9 Å². The molecule has 10 heteroatoms. The zero-order valence-corrected chi connectivity index (χ0v) is 14.2. The van der Waals surface area contributed by atoms with Crippen molar-refractivity contribution in [2.75, 3.05) is 6.54 Å². The minimum Gasteiger partial charge on any atom is -0.351 e. The van der Waals surface area contributed by atoms with Gasteiger partial charge < -0.3 is 5.32 Å². The van der Waals surface area contributed by atoms with Crippen LogP contribution in [0.2, 0.25) is 5.02 Å². The number of nitrogens with one attached hydrogen (secondary N) is 1. The van der Waals surface area contributed by atoms with Crippen LogP contribution in [0.1, 0.15) is 47.1 Å². The highest BCUT2D eigenvalue weighted by atomic mass is 35.5. The van der Waals surface area contributed by atoms with E-state index in [1.807, 2.05) is 0 Å². The van der Waals surface area contributed by atoms with Crippen LogP contribution in [0.15, 0.2) is 12.3 Å². The molecule has 0 aromatic carbocycles. The molecule has 136 valence electrons. The molecule has 0 unspecified atom stereocenters. The van der Waals surface area contributed by atoms with E-state index < -0.39 is 11.9 Å². The molecule has 0 spiro atoms. The number of hydrogen-bond donors (Lipinski definition) is 1. The maximum atomic E-state index is 13.0. The fourth-order valence-electron chi connectivity index (χ4n) is 2.67. The number of halogens is 4. The lowest BCUT2D eigenvalue weighted by Gasteiger charge is -2.08. The maximum Gasteiger partial charge on any atom is 0.436 e. The molecule has 0 radical (unpaired) electrons. The van der Waals surface area contributed by atoms with Crippen molar-refractivity contribution in [3.63, 3.8) is 0 Å². The van der Waals surface area contributed by atoms with Crippen LogP contribution in [0.4, 0.5) is 13.2 Å². The Morgan fingerprint density at radius 3 is 2.72 bits per heavy atom. The van der Waals surface area contributed by atoms with Gasteiger partial charge in [-0.15, -0.1) is 0 Å². The summed E-state index contributed by atoms with van der Waals surface area (Å²) < 4.78 is 41.7. The predicted octanol–water partition coefficient (Wildman–Crippen LogP) is 2.99. The number of rotatable bonds is 6. The fraction of sp³-hybridized carbons (Fsp3) is 0.533. The van der Waals surface area contributed by atoms with Crippen molar-refractivity contribution in [3.8, 4) is 0 Å². The first kappa shape index (κ1) is 17.8. The lowest BCUT2D eigenvalue weighted by Crippen LogP contribution is -2.27. The molecule has 6 nitrogen and oxygen atoms in total. The van der Waals surface area contributed by atoms with Crippen molar-refractivity contribution >= 4 is 17.5 Å². The third-order valence-electron chi connectivity index (χ3n) is 4.05. The Hall–Kier alpha value is -2.03. The number of nitrogens with zero attached hydrogens (tertiary/aromatic N) is 4. The van der Waals surface area contributed by atoms with Gasteiger partial charge in [-0.25, -0.2) is 0 Å². The molecule has 1 aliphatic carbocycles. The van der Waals surface area contributed by atoms with E-state index in [1.54, 1.807) is 13.1 Å². The second-order valence-corrected chi connectivity index (χ2v) is 6.37. The summed E-state index contributed by atoms with van der Waals surface area (Å²) in [5, 5.41) is 9.98. The second kappa shape index (κ2) is 6.70. The average Bonchev–Trinajstić information content (AvgIpc) is 3.17. The number of carbonyl (C=O) groups excluding carboxylic acids is 1. The first-order valence-corrected chi connectivity index (χ1v) is 8.26. The zero-order chi connectivity index (χ0) is 18.2. The number of amides is 1. The van der Waals surface area contributed by atoms with Crippen LogP contribution in [0, 0.1) is 0 Å². The minimum absolute atomic E-state index is 0.0418. The summed E-state index contributed by atoms with van der Waals surface area (Å²) in [6, 6.07) is 1.59. The summed E-state index contributed by atoms with van der Waals surface area (Å²) in [4.78, 5) is 11.9. The largest absolute Gasteiger partial charge is 0.436 e. The predicted molar refractivity (Wildman–Crippen MR) is 84.4 cm³/mol. The van der Waals surface area contributed by atoms with Gasteiger partial charge in [-0.3, -0.25) is 14.2 Å². The lowest BCUT2D eigenvalue weighted by atomic mass is 10.2. The highest BCUT2D eigenvalue weighted by Crippen LogP contribution is 2.46. The normalized spacial score (nSPS) is 14.8. The van der Waals surface area contributed by atoms with Crippen molar-refractivity contribution in [2.24, 2.45) is 7.05 Å². The summed E-state index contributed by atoms with van der Waals surface area (Å²) in [6.07, 6.45) is -0.973. The molecule has 1 fully saturated rings. The van der Waals surface area contributed by atoms with E-state index in [0.717, 1.165) is 12.8 Å². The third-order valence-corrected chi connectivity index (χ3v) is 4.42. The van der Waals surface area contributed by atoms with Crippen molar-refractivity contribution in [1.82, 2.24) is 24.9 Å². The van der Waals surface area contributed by atoms with E-state index in [0.29, 0.717) is 24.4 Å². The monoisotopic (exact) mass is 375 g/mol. The number of carbonyl (C=O) groups is 1. The molecular formula is C15H17ClF3N5O. The molecule has 3 rings (SSSR count). The van der Waals surface area contributed by atoms with Gasteiger partial charge in [0.1, 0.15) is 5.69 Å². The Morgan fingerprint density at radius 2 is 2.16 bits per heavy atom. The zero-order valence-electron chi connectivity index (χ0n) is 13.5. The highest BCUT2D eigenvalue weighted by molar-refractivity contribution is 6.32. The molecule has 0 atom stereocenters. The van der Waals surface area contributed by atoms with Gasteiger partial charge in [0.15, 0.2) is 5.69 Å². The molecule has 2 aromatic rings. The van der Waals surface area contributed by atoms with Gasteiger partial charge in [0, 0.05) is 32.3 Å². The van der Waals surface area contributed by atoms with Gasteiger partial charge in [0.2, 0.25) is 0 Å². The van der Waals surface area contributed by atoms with Crippen LogP contribution in [-0.4, -0.2) is 32.0 Å². The summed E-state index contributed by atoms with van der Waals surface area (Å²) >= 11 is 5.91. The van der Waals surface area contributed by atoms with Crippen molar-refractivity contribution in [1.29, 1.82) is 0 Å². The fourth-order valence-corrected chi connectivity index (χ4v) is 3.07. The number of aryl methyl sites for hydroxylation is 2. The van der Waals surface area contributed by atoms with Gasteiger partial charge >= 0.3 is 6.18 Å². The van der Waals surface area contributed by atoms with Crippen LogP contribution < -0.4 is 5.32 Å². The van der Waals surface area contributed by atoms with E-state index in [4.69, 9.17) is 11.6 Å². The Bertz CT molecular complexity index is 779. The smallest absolute Gasteiger partial charge is 0.351 e. The molecule has 1 saturated carbocycles. The lowest BCUT2D eigenvalue weighted by molar-refractivity contribution is -0.141. The van der Waals surface area contributed by atoms with Crippen LogP contribution in [0.3, 0.4) is 0 Å². The Kier molecular flexibility index (Phi) is 4.77. The second-order valence-electron chi connectivity index (χ2n) is 5.99. The van der Waals surface area contributed by atoms with Crippen molar-refractivity contribution < 1.29 is 18.0 Å². The molecular weight excluding hydrogens is 359 g/mol. The maximum absolute atomic E-state index is 13.0. The van der Waals surface area contributed by atoms with Crippen LogP contribution in [-0.2, 0) is 19.8 Å². The molecule has 25 heavy (non-hydrogen) atoms. The van der Waals surface area contributed by atoms with Gasteiger partial charge in [0.25, 0.3) is 5.91 Å². The Morgan fingerprint density at radius 1 is 1.44 bits per heavy atom. The van der Waals surface area contributed by atoms with Gasteiger partial charge in [-0.2, -0.15) is 23.4 Å². The molecule has 2 heterocycles. The van der Waals surface area contributed by atoms with E-state index in [2.05, 4.69) is 15.5 Å². The third kappa shape index (κ3) is 3.81. The molecule has 1 amide bonds. The quantitative estimate of drug-likeness (QED) is 0.789. The average molecular weight is 376 g/mol. The SMILES string of the molecule is Cn1nccc1C(=O)NCCCn1nc(C(F)(F)F)c(Cl)c1C1CC1. The molecule has 1 N–H and O–H groups in total. The van der Waals surface area contributed by atoms with E-state index >= 15 is 0 Å². The van der Waals surface area contributed by atoms with Crippen LogP contribution in [0.5, 0.6) is 0 Å². The Labute approximate surface area is 146 Å². The first-order valence-electron chi connectivity index (χ1n) is 7.88. The summed E-state index contributed by atoms with van der Waals surface area (Å²) in [6.45, 7) is 0.570. The molecule has 1 aliphatic rings. The van der Waals surface area contributed by atoms with Gasteiger partial charge in [0.05, 0.1) is 10.7 Å². The summed E-state index contributed by atoms with van der Waals surface area (Å²) in [5.41, 5.74) is -0.165. The molecule has 0 bridgehead atoms. The van der Waals surface area contributed by atoms with Gasteiger partial charge in [-0.05, 0) is 25.3 Å². The minimum atomic E-state index is -4.57. The summed E-state index contributed by atoms with van der Waals surface area (Å²) in [7, 11) is 1.65. The van der Waals surface area contributed by atoms with E-state index in [-0.39, 0.29) is 23.4 Å². The first-order chi connectivity index (χ1) is 11.8. The molecule has 2 aromatic heterocycles. The molecule has 0 aliphatic heterocycles. The van der Waals surface area contributed by atoms with Gasteiger partial charge in [-0.1, -0.05) is 11.6 Å². The number of alkyl halides is 3. The van der Waals surface area contributed by atoms with Crippen LogP contribution >= 0.6 is 11.6 Å². The van der Waals surface area contributed by atoms with Crippen LogP contribution in [0.25, 0.3) is 0 Å². The number of hydrogen-bond acceptors (Lipinski definition) is 3. The highest BCUT2D eigenvalue weighted by Gasteiger charge is 2.41.